The second-order valence-electron chi connectivity index (χ2n) is 15.7. The molecular formula is C56H34N2S3. The first-order valence-electron chi connectivity index (χ1n) is 20.6. The van der Waals surface area contributed by atoms with Gasteiger partial charge in [0.2, 0.25) is 0 Å². The molecule has 0 saturated carbocycles. The molecule has 61 heavy (non-hydrogen) atoms. The van der Waals surface area contributed by atoms with Crippen LogP contribution in [-0.2, 0) is 0 Å². The van der Waals surface area contributed by atoms with E-state index in [2.05, 4.69) is 216 Å². The molecule has 3 heterocycles. The summed E-state index contributed by atoms with van der Waals surface area (Å²) in [4.78, 5) is 4.82. The predicted octanol–water partition coefficient (Wildman–Crippen LogP) is 18.0. The number of rotatable bonds is 6. The van der Waals surface area contributed by atoms with Gasteiger partial charge in [0.1, 0.15) is 0 Å². The van der Waals surface area contributed by atoms with E-state index in [-0.39, 0.29) is 0 Å². The zero-order chi connectivity index (χ0) is 40.0. The van der Waals surface area contributed by atoms with Gasteiger partial charge in [-0.2, -0.15) is 0 Å². The Morgan fingerprint density at radius 2 is 0.656 bits per heavy atom. The van der Waals surface area contributed by atoms with E-state index in [4.69, 9.17) is 0 Å². The molecule has 0 amide bonds. The molecule has 0 aliphatic rings. The molecule has 13 aromatic rings. The zero-order valence-electron chi connectivity index (χ0n) is 32.7. The van der Waals surface area contributed by atoms with Gasteiger partial charge < -0.3 is 9.80 Å². The molecule has 3 aromatic heterocycles. The minimum absolute atomic E-state index is 1.13. The monoisotopic (exact) mass is 830 g/mol. The number of anilines is 6. The van der Waals surface area contributed by atoms with E-state index in [9.17, 15) is 0 Å². The third-order valence-electron chi connectivity index (χ3n) is 12.2. The summed E-state index contributed by atoms with van der Waals surface area (Å²) in [5, 5.41) is 12.9. The minimum Gasteiger partial charge on any atom is -0.310 e. The lowest BCUT2D eigenvalue weighted by Crippen LogP contribution is -2.09. The van der Waals surface area contributed by atoms with Crippen molar-refractivity contribution in [1.29, 1.82) is 0 Å². The molecule has 0 radical (unpaired) electrons. The van der Waals surface area contributed by atoms with Gasteiger partial charge in [0, 0.05) is 100 Å². The van der Waals surface area contributed by atoms with Crippen LogP contribution < -0.4 is 9.80 Å². The average Bonchev–Trinajstić information content (AvgIpc) is 4.01. The first-order chi connectivity index (χ1) is 30.2. The topological polar surface area (TPSA) is 6.48 Å². The van der Waals surface area contributed by atoms with Crippen LogP contribution in [0.15, 0.2) is 206 Å². The Morgan fingerprint density at radius 1 is 0.230 bits per heavy atom. The van der Waals surface area contributed by atoms with E-state index in [1.165, 1.54) is 82.1 Å². The smallest absolute Gasteiger partial charge is 0.0476 e. The lowest BCUT2D eigenvalue weighted by atomic mass is 9.96. The Hall–Kier alpha value is -7.02. The maximum Gasteiger partial charge on any atom is 0.0476 e. The van der Waals surface area contributed by atoms with E-state index >= 15 is 0 Å². The number of fused-ring (bicyclic) bond motifs is 14. The summed E-state index contributed by atoms with van der Waals surface area (Å²) in [6.45, 7) is 0. The molecule has 0 aliphatic carbocycles. The van der Waals surface area contributed by atoms with Gasteiger partial charge in [0.25, 0.3) is 0 Å². The van der Waals surface area contributed by atoms with Crippen LogP contribution in [0.5, 0.6) is 0 Å². The number of nitrogens with zero attached hydrogens (tertiary/aromatic N) is 2. The highest BCUT2D eigenvalue weighted by atomic mass is 32.1. The van der Waals surface area contributed by atoms with Crippen LogP contribution in [0.4, 0.5) is 34.1 Å². The summed E-state index contributed by atoms with van der Waals surface area (Å²) in [5.41, 5.74) is 6.86. The van der Waals surface area contributed by atoms with E-state index in [0.29, 0.717) is 0 Å². The van der Waals surface area contributed by atoms with E-state index in [1.807, 2.05) is 34.0 Å². The molecule has 13 rings (SSSR count). The fourth-order valence-corrected chi connectivity index (χ4v) is 12.9. The normalized spacial score (nSPS) is 11.9. The van der Waals surface area contributed by atoms with Gasteiger partial charge in [-0.3, -0.25) is 0 Å². The zero-order valence-corrected chi connectivity index (χ0v) is 35.2. The van der Waals surface area contributed by atoms with Crippen molar-refractivity contribution in [2.45, 2.75) is 0 Å². The largest absolute Gasteiger partial charge is 0.310 e. The van der Waals surface area contributed by atoms with Gasteiger partial charge in [0.15, 0.2) is 0 Å². The van der Waals surface area contributed by atoms with Gasteiger partial charge in [-0.1, -0.05) is 109 Å². The number of hydrogen-bond donors (Lipinski definition) is 0. The fraction of sp³-hybridized carbons (Fsp3) is 0. The average molecular weight is 831 g/mol. The van der Waals surface area contributed by atoms with E-state index < -0.39 is 0 Å². The molecule has 286 valence electrons. The second kappa shape index (κ2) is 13.8. The molecular weight excluding hydrogens is 797 g/mol. The third-order valence-corrected chi connectivity index (χ3v) is 15.7. The first kappa shape index (κ1) is 34.8. The molecule has 0 bridgehead atoms. The number of hydrogen-bond acceptors (Lipinski definition) is 5. The second-order valence-corrected chi connectivity index (χ2v) is 18.9. The number of thiophene rings is 3. The summed E-state index contributed by atoms with van der Waals surface area (Å²) in [7, 11) is 0. The molecule has 10 aromatic carbocycles. The van der Waals surface area contributed by atoms with Crippen LogP contribution in [0.3, 0.4) is 0 Å². The van der Waals surface area contributed by atoms with Gasteiger partial charge in [0.05, 0.1) is 0 Å². The molecule has 0 fully saturated rings. The third kappa shape index (κ3) is 5.52. The fourth-order valence-electron chi connectivity index (χ4n) is 9.46. The summed E-state index contributed by atoms with van der Waals surface area (Å²) in [6, 6.07) is 76.1. The van der Waals surface area contributed by atoms with Crippen molar-refractivity contribution < 1.29 is 0 Å². The molecule has 0 spiro atoms. The van der Waals surface area contributed by atoms with E-state index in [0.717, 1.165) is 34.1 Å². The highest BCUT2D eigenvalue weighted by Crippen LogP contribution is 2.49. The summed E-state index contributed by atoms with van der Waals surface area (Å²) in [5.74, 6) is 0. The van der Waals surface area contributed by atoms with Crippen LogP contribution in [0.1, 0.15) is 0 Å². The van der Waals surface area contributed by atoms with Crippen molar-refractivity contribution in [1.82, 2.24) is 0 Å². The Morgan fingerprint density at radius 3 is 1.23 bits per heavy atom. The van der Waals surface area contributed by atoms with Crippen LogP contribution >= 0.6 is 34.0 Å². The predicted molar refractivity (Wildman–Crippen MR) is 269 cm³/mol. The molecule has 0 saturated heterocycles. The molecule has 2 nitrogen and oxygen atoms in total. The van der Waals surface area contributed by atoms with Crippen molar-refractivity contribution in [2.75, 3.05) is 9.80 Å². The summed E-state index contributed by atoms with van der Waals surface area (Å²) in [6.07, 6.45) is 0. The highest BCUT2D eigenvalue weighted by Gasteiger charge is 2.21. The summed E-state index contributed by atoms with van der Waals surface area (Å²) < 4.78 is 7.85. The number of benzene rings is 10. The van der Waals surface area contributed by atoms with Gasteiger partial charge in [-0.05, 0) is 113 Å². The minimum atomic E-state index is 1.13. The molecule has 0 atom stereocenters. The van der Waals surface area contributed by atoms with Crippen LogP contribution in [0.25, 0.3) is 82.1 Å². The van der Waals surface area contributed by atoms with Crippen LogP contribution in [-0.4, -0.2) is 0 Å². The first-order valence-corrected chi connectivity index (χ1v) is 23.0. The maximum absolute atomic E-state index is 2.41. The van der Waals surface area contributed by atoms with Crippen molar-refractivity contribution in [2.24, 2.45) is 0 Å². The van der Waals surface area contributed by atoms with Gasteiger partial charge in [-0.25, -0.2) is 0 Å². The summed E-state index contributed by atoms with van der Waals surface area (Å²) >= 11 is 5.63. The lowest BCUT2D eigenvalue weighted by molar-refractivity contribution is 1.30. The lowest BCUT2D eigenvalue weighted by Gasteiger charge is -2.26. The SMILES string of the molecule is c1ccc(N(c2ccc3c(c2)sc2c4ccc(N(c5ccccc5)c5ccc6sc7ccccc7c6c5)cc4c4ccccc4c32)c2ccc3sc4ccccc4c3c2)cc1. The van der Waals surface area contributed by atoms with Crippen molar-refractivity contribution >= 4 is 150 Å². The van der Waals surface area contributed by atoms with Crippen molar-refractivity contribution in [3.05, 3.63) is 206 Å². The van der Waals surface area contributed by atoms with Crippen molar-refractivity contribution in [3.63, 3.8) is 0 Å². The van der Waals surface area contributed by atoms with E-state index in [1.54, 1.807) is 0 Å². The standard InChI is InChI=1S/C56H34N2S3/c1-3-13-35(14-4-1)57(38-25-29-52-48(32-38)42-18-9-11-21-50(42)59-52)37-23-27-45-47(31-37)41-17-7-8-20-44(41)55-46-28-24-40(34-54(46)61-56(45)55)58(36-15-5-2-6-16-36)39-26-30-53-49(33-39)43-19-10-12-22-51(43)60-53/h1-34H. The Balaban J connectivity index is 0.999. The number of para-hydroxylation sites is 2. The quantitative estimate of drug-likeness (QED) is 0.154. The maximum atomic E-state index is 2.41. The molecule has 0 aliphatic heterocycles. The van der Waals surface area contributed by atoms with Crippen molar-refractivity contribution in [3.8, 4) is 0 Å². The van der Waals surface area contributed by atoms with Gasteiger partial charge in [-0.15, -0.1) is 34.0 Å². The van der Waals surface area contributed by atoms with Gasteiger partial charge >= 0.3 is 0 Å². The molecule has 5 heteroatoms. The molecule has 0 N–H and O–H groups in total. The Labute approximate surface area is 364 Å². The Kier molecular flexibility index (Phi) is 7.85. The highest BCUT2D eigenvalue weighted by molar-refractivity contribution is 7.27. The van der Waals surface area contributed by atoms with Crippen LogP contribution in [0.2, 0.25) is 0 Å². The molecule has 0 unspecified atom stereocenters. The van der Waals surface area contributed by atoms with Crippen LogP contribution in [0, 0.1) is 0 Å². The Bertz CT molecular complexity index is 3840.